The van der Waals surface area contributed by atoms with E-state index in [1.54, 1.807) is 13.8 Å². The number of fused-ring (bicyclic) bond motifs is 1. The van der Waals surface area contributed by atoms with Crippen molar-refractivity contribution in [1.29, 1.82) is 0 Å². The highest BCUT2D eigenvalue weighted by atomic mass is 35.5. The van der Waals surface area contributed by atoms with Gasteiger partial charge in [0.25, 0.3) is 5.56 Å². The van der Waals surface area contributed by atoms with Gasteiger partial charge < -0.3 is 15.3 Å². The first-order chi connectivity index (χ1) is 11.4. The Hall–Kier alpha value is -2.62. The Kier molecular flexibility index (Phi) is 3.57. The molecule has 0 fully saturated rings. The number of alkyl halides is 3. The molecule has 134 valence electrons. The van der Waals surface area contributed by atoms with Crippen molar-refractivity contribution in [2.24, 2.45) is 0 Å². The zero-order chi connectivity index (χ0) is 18.7. The van der Waals surface area contributed by atoms with Crippen LogP contribution in [0.5, 0.6) is 11.5 Å². The van der Waals surface area contributed by atoms with Gasteiger partial charge in [-0.3, -0.25) is 4.79 Å². The fourth-order valence-electron chi connectivity index (χ4n) is 2.41. The summed E-state index contributed by atoms with van der Waals surface area (Å²) in [5.41, 5.74) is -4.32. The molecule has 1 aliphatic rings. The molecular formula is C14H11ClF3N3O4. The summed E-state index contributed by atoms with van der Waals surface area (Å²) in [6.45, 7) is 3.12. The molecule has 0 amide bonds. The van der Waals surface area contributed by atoms with Crippen molar-refractivity contribution in [1.82, 2.24) is 9.24 Å². The molecule has 2 N–H and O–H groups in total. The summed E-state index contributed by atoms with van der Waals surface area (Å²) in [5.74, 6) is 4.11. The van der Waals surface area contributed by atoms with Crippen LogP contribution in [0.2, 0.25) is 5.02 Å². The number of ether oxygens (including phenoxy) is 2. The zero-order valence-corrected chi connectivity index (χ0v) is 13.6. The largest absolute Gasteiger partial charge is 0.447 e. The lowest BCUT2D eigenvalue weighted by Crippen LogP contribution is -2.45. The normalized spacial score (nSPS) is 15.4. The molecule has 11 heteroatoms. The van der Waals surface area contributed by atoms with Gasteiger partial charge in [-0.05, 0) is 12.1 Å². The highest BCUT2D eigenvalue weighted by molar-refractivity contribution is 6.32. The third-order valence-corrected chi connectivity index (χ3v) is 3.71. The summed E-state index contributed by atoms with van der Waals surface area (Å²) < 4.78 is 49.9. The van der Waals surface area contributed by atoms with Crippen LogP contribution in [0, 0.1) is 0 Å². The first-order valence-electron chi connectivity index (χ1n) is 6.84. The van der Waals surface area contributed by atoms with E-state index < -0.39 is 28.9 Å². The van der Waals surface area contributed by atoms with Gasteiger partial charge in [0, 0.05) is 19.9 Å². The van der Waals surface area contributed by atoms with Crippen molar-refractivity contribution in [3.63, 3.8) is 0 Å². The van der Waals surface area contributed by atoms with Gasteiger partial charge in [0.15, 0.2) is 17.2 Å². The number of benzene rings is 1. The lowest BCUT2D eigenvalue weighted by atomic mass is 10.2. The molecule has 3 rings (SSSR count). The summed E-state index contributed by atoms with van der Waals surface area (Å²) >= 11 is 6.00. The fourth-order valence-corrected chi connectivity index (χ4v) is 2.59. The van der Waals surface area contributed by atoms with E-state index in [9.17, 15) is 22.8 Å². The van der Waals surface area contributed by atoms with Gasteiger partial charge in [-0.2, -0.15) is 13.2 Å². The number of hydrogen-bond donors (Lipinski definition) is 1. The van der Waals surface area contributed by atoms with Crippen LogP contribution in [-0.2, 0) is 6.18 Å². The Labute approximate surface area is 142 Å². The van der Waals surface area contributed by atoms with Crippen LogP contribution in [0.25, 0.3) is 5.69 Å². The average Bonchev–Trinajstić information content (AvgIpc) is 2.80. The third-order valence-electron chi connectivity index (χ3n) is 3.41. The number of halogens is 4. The standard InChI is InChI=1S/C14H11ClF3N3O4/c1-13(2)24-10-6(15)3-4-7(11(10)25-13)20-9(22)5-8(14(16,17)18)21(19)12(20)23/h3-5H,19H2,1-2H3. The smallest absolute Gasteiger partial charge is 0.433 e. The number of hydrogen-bond acceptors (Lipinski definition) is 5. The van der Waals surface area contributed by atoms with Gasteiger partial charge in [0.1, 0.15) is 5.69 Å². The first-order valence-corrected chi connectivity index (χ1v) is 7.22. The Morgan fingerprint density at radius 1 is 1.16 bits per heavy atom. The second-order valence-corrected chi connectivity index (χ2v) is 6.09. The maximum atomic E-state index is 12.9. The van der Waals surface area contributed by atoms with Crippen LogP contribution in [0.3, 0.4) is 0 Å². The van der Waals surface area contributed by atoms with Gasteiger partial charge in [0.05, 0.1) is 5.02 Å². The number of nitrogens with zero attached hydrogens (tertiary/aromatic N) is 2. The Morgan fingerprint density at radius 2 is 1.76 bits per heavy atom. The van der Waals surface area contributed by atoms with Crippen molar-refractivity contribution < 1.29 is 22.6 Å². The molecule has 0 saturated heterocycles. The van der Waals surface area contributed by atoms with Crippen LogP contribution >= 0.6 is 11.6 Å². The number of rotatable bonds is 1. The van der Waals surface area contributed by atoms with E-state index in [0.29, 0.717) is 4.57 Å². The molecule has 0 atom stereocenters. The van der Waals surface area contributed by atoms with Crippen LogP contribution in [0.15, 0.2) is 27.8 Å². The minimum Gasteiger partial charge on any atom is -0.447 e. The van der Waals surface area contributed by atoms with E-state index in [4.69, 9.17) is 26.9 Å². The van der Waals surface area contributed by atoms with Crippen molar-refractivity contribution in [2.45, 2.75) is 25.8 Å². The van der Waals surface area contributed by atoms with Crippen molar-refractivity contribution in [2.75, 3.05) is 5.84 Å². The zero-order valence-electron chi connectivity index (χ0n) is 12.8. The molecular weight excluding hydrogens is 367 g/mol. The van der Waals surface area contributed by atoms with E-state index in [2.05, 4.69) is 0 Å². The highest BCUT2D eigenvalue weighted by Crippen LogP contribution is 2.47. The van der Waals surface area contributed by atoms with Crippen molar-refractivity contribution in [3.05, 3.63) is 49.8 Å². The fraction of sp³-hybridized carbons (Fsp3) is 0.286. The topological polar surface area (TPSA) is 88.5 Å². The molecule has 2 heterocycles. The van der Waals surface area contributed by atoms with Gasteiger partial charge in [0.2, 0.25) is 5.79 Å². The summed E-state index contributed by atoms with van der Waals surface area (Å²) in [5, 5.41) is 0.150. The molecule has 0 radical (unpaired) electrons. The molecule has 0 unspecified atom stereocenters. The molecule has 0 spiro atoms. The molecule has 1 aliphatic heterocycles. The van der Waals surface area contributed by atoms with E-state index >= 15 is 0 Å². The Balaban J connectivity index is 2.31. The number of nitrogens with two attached hydrogens (primary N) is 1. The molecule has 1 aromatic heterocycles. The lowest BCUT2D eigenvalue weighted by molar-refractivity contribution is -0.143. The van der Waals surface area contributed by atoms with Crippen molar-refractivity contribution >= 4 is 11.6 Å². The predicted octanol–water partition coefficient (Wildman–Crippen LogP) is 1.89. The first kappa shape index (κ1) is 17.2. The van der Waals surface area contributed by atoms with E-state index in [0.717, 1.165) is 0 Å². The van der Waals surface area contributed by atoms with Gasteiger partial charge in [-0.15, -0.1) is 0 Å². The van der Waals surface area contributed by atoms with Crippen LogP contribution in [0.4, 0.5) is 13.2 Å². The monoisotopic (exact) mass is 377 g/mol. The minimum absolute atomic E-state index is 0.0449. The van der Waals surface area contributed by atoms with Crippen LogP contribution < -0.4 is 26.6 Å². The molecule has 0 bridgehead atoms. The predicted molar refractivity (Wildman–Crippen MR) is 81.8 cm³/mol. The van der Waals surface area contributed by atoms with Crippen molar-refractivity contribution in [3.8, 4) is 17.2 Å². The summed E-state index contributed by atoms with van der Waals surface area (Å²) in [6, 6.07) is 2.80. The average molecular weight is 378 g/mol. The molecule has 25 heavy (non-hydrogen) atoms. The second kappa shape index (κ2) is 5.19. The third kappa shape index (κ3) is 2.72. The van der Waals surface area contributed by atoms with Crippen LogP contribution in [0.1, 0.15) is 19.5 Å². The van der Waals surface area contributed by atoms with E-state index in [-0.39, 0.29) is 33.0 Å². The summed E-state index contributed by atoms with van der Waals surface area (Å²) in [6.07, 6.45) is -4.96. The maximum absolute atomic E-state index is 12.9. The molecule has 7 nitrogen and oxygen atoms in total. The molecule has 1 aromatic carbocycles. The van der Waals surface area contributed by atoms with E-state index in [1.807, 2.05) is 0 Å². The highest BCUT2D eigenvalue weighted by Gasteiger charge is 2.38. The van der Waals surface area contributed by atoms with Gasteiger partial charge in [-0.1, -0.05) is 11.6 Å². The minimum atomic E-state index is -4.96. The molecule has 0 aliphatic carbocycles. The maximum Gasteiger partial charge on any atom is 0.433 e. The summed E-state index contributed by atoms with van der Waals surface area (Å²) in [4.78, 5) is 24.4. The second-order valence-electron chi connectivity index (χ2n) is 5.68. The van der Waals surface area contributed by atoms with Gasteiger partial charge >= 0.3 is 11.9 Å². The lowest BCUT2D eigenvalue weighted by Gasteiger charge is -2.17. The Bertz CT molecular complexity index is 995. The molecule has 0 saturated carbocycles. The van der Waals surface area contributed by atoms with E-state index in [1.165, 1.54) is 12.1 Å². The number of nitrogen functional groups attached to an aromatic ring is 1. The molecule has 2 aromatic rings. The summed E-state index contributed by atoms with van der Waals surface area (Å²) in [7, 11) is 0. The van der Waals surface area contributed by atoms with Crippen LogP contribution in [-0.4, -0.2) is 15.0 Å². The Morgan fingerprint density at radius 3 is 2.36 bits per heavy atom. The quantitative estimate of drug-likeness (QED) is 0.767. The van der Waals surface area contributed by atoms with Gasteiger partial charge in [-0.25, -0.2) is 14.0 Å². The number of aromatic nitrogens is 2. The SMILES string of the molecule is CC1(C)Oc2c(Cl)ccc(-n3c(=O)cc(C(F)(F)F)n(N)c3=O)c2O1.